The van der Waals surface area contributed by atoms with Gasteiger partial charge in [-0.1, -0.05) is 29.4 Å². The fourth-order valence-corrected chi connectivity index (χ4v) is 2.04. The lowest BCUT2D eigenvalue weighted by Crippen LogP contribution is -1.89. The summed E-state index contributed by atoms with van der Waals surface area (Å²) in [6.45, 7) is 2.13. The molecule has 0 aliphatic heterocycles. The molecule has 0 fully saturated rings. The molecule has 0 aliphatic rings. The van der Waals surface area contributed by atoms with Crippen molar-refractivity contribution in [1.82, 2.24) is 4.98 Å². The predicted octanol–water partition coefficient (Wildman–Crippen LogP) is 4.34. The number of aromatic nitrogens is 1. The van der Waals surface area contributed by atoms with Crippen LogP contribution in [0.5, 0.6) is 0 Å². The summed E-state index contributed by atoms with van der Waals surface area (Å²) >= 11 is 0. The summed E-state index contributed by atoms with van der Waals surface area (Å²) in [7, 11) is 0. The summed E-state index contributed by atoms with van der Waals surface area (Å²) in [5.41, 5.74) is 2.87. The van der Waals surface area contributed by atoms with Gasteiger partial charge in [-0.25, -0.2) is 9.37 Å². The van der Waals surface area contributed by atoms with Crippen molar-refractivity contribution < 1.29 is 13.6 Å². The zero-order chi connectivity index (χ0) is 16.1. The van der Waals surface area contributed by atoms with E-state index in [9.17, 15) is 4.39 Å². The SMILES string of the molecule is Cc1ccccc1/C=N\OCc1ncc(-c2ccc(F)cc2)o1. The van der Waals surface area contributed by atoms with Crippen LogP contribution in [0.25, 0.3) is 11.3 Å². The lowest BCUT2D eigenvalue weighted by atomic mass is 10.1. The topological polar surface area (TPSA) is 47.6 Å². The Labute approximate surface area is 133 Å². The predicted molar refractivity (Wildman–Crippen MR) is 85.5 cm³/mol. The number of nitrogens with zero attached hydrogens (tertiary/aromatic N) is 2. The lowest BCUT2D eigenvalue weighted by Gasteiger charge is -1.98. The van der Waals surface area contributed by atoms with Gasteiger partial charge in [0.15, 0.2) is 12.4 Å². The highest BCUT2D eigenvalue weighted by Crippen LogP contribution is 2.20. The number of hydrogen-bond donors (Lipinski definition) is 0. The van der Waals surface area contributed by atoms with Crippen LogP contribution in [0.2, 0.25) is 0 Å². The molecule has 0 saturated heterocycles. The van der Waals surface area contributed by atoms with Gasteiger partial charge in [0.25, 0.3) is 0 Å². The first-order valence-electron chi connectivity index (χ1n) is 7.14. The first-order chi connectivity index (χ1) is 11.2. The number of oxazole rings is 1. The lowest BCUT2D eigenvalue weighted by molar-refractivity contribution is 0.113. The van der Waals surface area contributed by atoms with Crippen LogP contribution in [0.3, 0.4) is 0 Å². The Hall–Kier alpha value is -2.95. The first kappa shape index (κ1) is 15.0. The zero-order valence-corrected chi connectivity index (χ0v) is 12.6. The van der Waals surface area contributed by atoms with E-state index in [-0.39, 0.29) is 12.4 Å². The second-order valence-electron chi connectivity index (χ2n) is 4.99. The summed E-state index contributed by atoms with van der Waals surface area (Å²) < 4.78 is 18.5. The number of benzene rings is 2. The molecule has 1 aromatic heterocycles. The van der Waals surface area contributed by atoms with E-state index >= 15 is 0 Å². The average molecular weight is 310 g/mol. The van der Waals surface area contributed by atoms with E-state index in [1.54, 1.807) is 24.5 Å². The van der Waals surface area contributed by atoms with Crippen molar-refractivity contribution in [2.45, 2.75) is 13.5 Å². The molecule has 23 heavy (non-hydrogen) atoms. The molecule has 0 amide bonds. The Morgan fingerprint density at radius 3 is 2.74 bits per heavy atom. The fourth-order valence-electron chi connectivity index (χ4n) is 2.04. The zero-order valence-electron chi connectivity index (χ0n) is 12.6. The molecule has 0 atom stereocenters. The van der Waals surface area contributed by atoms with Gasteiger partial charge < -0.3 is 9.25 Å². The van der Waals surface area contributed by atoms with Crippen LogP contribution in [0.1, 0.15) is 17.0 Å². The van der Waals surface area contributed by atoms with Crippen molar-refractivity contribution in [2.24, 2.45) is 5.16 Å². The molecule has 0 aliphatic carbocycles. The van der Waals surface area contributed by atoms with Crippen molar-refractivity contribution in [3.63, 3.8) is 0 Å². The normalized spacial score (nSPS) is 11.0. The first-order valence-corrected chi connectivity index (χ1v) is 7.14. The smallest absolute Gasteiger partial charge is 0.235 e. The largest absolute Gasteiger partial charge is 0.437 e. The molecule has 0 radical (unpaired) electrons. The summed E-state index contributed by atoms with van der Waals surface area (Å²) in [6, 6.07) is 13.9. The minimum absolute atomic E-state index is 0.129. The van der Waals surface area contributed by atoms with Crippen LogP contribution in [-0.2, 0) is 11.4 Å². The van der Waals surface area contributed by atoms with Crippen molar-refractivity contribution in [2.75, 3.05) is 0 Å². The van der Waals surface area contributed by atoms with E-state index in [0.717, 1.165) is 16.7 Å². The van der Waals surface area contributed by atoms with Gasteiger partial charge in [0.1, 0.15) is 5.82 Å². The number of hydrogen-bond acceptors (Lipinski definition) is 4. The molecule has 116 valence electrons. The molecule has 2 aromatic carbocycles. The Bertz CT molecular complexity index is 810. The minimum Gasteiger partial charge on any atom is -0.437 e. The van der Waals surface area contributed by atoms with Crippen molar-refractivity contribution in [1.29, 1.82) is 0 Å². The van der Waals surface area contributed by atoms with Gasteiger partial charge in [0, 0.05) is 5.56 Å². The Morgan fingerprint density at radius 2 is 1.96 bits per heavy atom. The fraction of sp³-hybridized carbons (Fsp3) is 0.111. The van der Waals surface area contributed by atoms with E-state index in [0.29, 0.717) is 11.7 Å². The molecule has 3 aromatic rings. The van der Waals surface area contributed by atoms with Crippen LogP contribution in [0, 0.1) is 12.7 Å². The Morgan fingerprint density at radius 1 is 1.17 bits per heavy atom. The molecular formula is C18H15FN2O2. The van der Waals surface area contributed by atoms with Gasteiger partial charge in [0.2, 0.25) is 5.89 Å². The summed E-state index contributed by atoms with van der Waals surface area (Å²) in [5.74, 6) is 0.681. The van der Waals surface area contributed by atoms with Crippen molar-refractivity contribution >= 4 is 6.21 Å². The van der Waals surface area contributed by atoms with Gasteiger partial charge in [-0.2, -0.15) is 0 Å². The molecule has 0 saturated carbocycles. The van der Waals surface area contributed by atoms with Crippen molar-refractivity contribution in [3.05, 3.63) is 77.6 Å². The molecule has 3 rings (SSSR count). The van der Waals surface area contributed by atoms with Gasteiger partial charge in [-0.15, -0.1) is 0 Å². The van der Waals surface area contributed by atoms with E-state index in [1.165, 1.54) is 12.1 Å². The monoisotopic (exact) mass is 310 g/mol. The highest BCUT2D eigenvalue weighted by Gasteiger charge is 2.06. The molecule has 4 nitrogen and oxygen atoms in total. The van der Waals surface area contributed by atoms with Gasteiger partial charge in [-0.3, -0.25) is 0 Å². The van der Waals surface area contributed by atoms with Crippen LogP contribution in [0.15, 0.2) is 64.3 Å². The van der Waals surface area contributed by atoms with Gasteiger partial charge >= 0.3 is 0 Å². The van der Waals surface area contributed by atoms with Gasteiger partial charge in [-0.05, 0) is 42.3 Å². The molecule has 5 heteroatoms. The average Bonchev–Trinajstić information content (AvgIpc) is 3.03. The number of halogens is 1. The molecular weight excluding hydrogens is 295 g/mol. The van der Waals surface area contributed by atoms with Crippen LogP contribution < -0.4 is 0 Å². The number of rotatable bonds is 5. The molecule has 0 bridgehead atoms. The Balaban J connectivity index is 1.59. The summed E-state index contributed by atoms with van der Waals surface area (Å²) in [6.07, 6.45) is 3.23. The van der Waals surface area contributed by atoms with Crippen LogP contribution >= 0.6 is 0 Å². The standard InChI is InChI=1S/C18H15FN2O2/c1-13-4-2-3-5-15(13)10-21-22-12-18-20-11-17(23-18)14-6-8-16(19)9-7-14/h2-11H,12H2,1H3/b21-10-. The maximum Gasteiger partial charge on any atom is 0.235 e. The van der Waals surface area contributed by atoms with Crippen LogP contribution in [-0.4, -0.2) is 11.2 Å². The van der Waals surface area contributed by atoms with Crippen molar-refractivity contribution in [3.8, 4) is 11.3 Å². The maximum absolute atomic E-state index is 12.9. The van der Waals surface area contributed by atoms with E-state index < -0.39 is 0 Å². The molecule has 1 heterocycles. The second-order valence-corrected chi connectivity index (χ2v) is 4.99. The molecule has 0 unspecified atom stereocenters. The van der Waals surface area contributed by atoms with Crippen LogP contribution in [0.4, 0.5) is 4.39 Å². The number of oxime groups is 1. The van der Waals surface area contributed by atoms with E-state index in [2.05, 4.69) is 10.1 Å². The second kappa shape index (κ2) is 6.87. The number of aryl methyl sites for hydroxylation is 1. The summed E-state index contributed by atoms with van der Waals surface area (Å²) in [5, 5.41) is 3.92. The third kappa shape index (κ3) is 3.83. The van der Waals surface area contributed by atoms with E-state index in [4.69, 9.17) is 9.25 Å². The third-order valence-corrected chi connectivity index (χ3v) is 3.33. The molecule has 0 N–H and O–H groups in total. The van der Waals surface area contributed by atoms with E-state index in [1.807, 2.05) is 31.2 Å². The quantitative estimate of drug-likeness (QED) is 0.520. The van der Waals surface area contributed by atoms with Gasteiger partial charge in [0.05, 0.1) is 12.4 Å². The third-order valence-electron chi connectivity index (χ3n) is 3.33. The highest BCUT2D eigenvalue weighted by molar-refractivity contribution is 5.81. The maximum atomic E-state index is 12.9. The highest BCUT2D eigenvalue weighted by atomic mass is 19.1. The molecule has 0 spiro atoms. The Kier molecular flexibility index (Phi) is 4.47. The minimum atomic E-state index is -0.289. The summed E-state index contributed by atoms with van der Waals surface area (Å²) in [4.78, 5) is 9.32.